The molecule has 0 aromatic heterocycles. The van der Waals surface area contributed by atoms with E-state index in [0.717, 1.165) is 44.9 Å². The van der Waals surface area contributed by atoms with Crippen LogP contribution in [-0.4, -0.2) is 68.5 Å². The van der Waals surface area contributed by atoms with E-state index in [2.05, 4.69) is 55.6 Å². The van der Waals surface area contributed by atoms with Crippen molar-refractivity contribution in [2.24, 2.45) is 0 Å². The molecule has 1 amide bonds. The van der Waals surface area contributed by atoms with Crippen molar-refractivity contribution in [1.82, 2.24) is 5.32 Å². The number of quaternary nitrogens is 1. The number of unbranched alkanes of at least 4 members (excludes halogenated alkanes) is 47. The summed E-state index contributed by atoms with van der Waals surface area (Å²) in [6, 6.07) is -0.905. The lowest BCUT2D eigenvalue weighted by molar-refractivity contribution is -0.870. The summed E-state index contributed by atoms with van der Waals surface area (Å²) in [6.45, 7) is 4.68. The third kappa shape index (κ3) is 65.9. The predicted molar refractivity (Wildman–Crippen MR) is 353 cm³/mol. The summed E-state index contributed by atoms with van der Waals surface area (Å²) in [5, 5.41) is 13.9. The average Bonchev–Trinajstić information content (AvgIpc) is 3.43. The molecule has 0 aliphatic rings. The molecule has 0 saturated carbocycles. The Morgan fingerprint density at radius 2 is 0.728 bits per heavy atom. The lowest BCUT2D eigenvalue weighted by atomic mass is 10.0. The van der Waals surface area contributed by atoms with Crippen molar-refractivity contribution in [2.75, 3.05) is 40.9 Å². The number of allylic oxidation sites excluding steroid dienone is 7. The van der Waals surface area contributed by atoms with Gasteiger partial charge in [-0.1, -0.05) is 332 Å². The molecule has 478 valence electrons. The number of carbonyl (C=O) groups is 1. The standard InChI is InChI=1S/C72H139N2O6P/c1-6-8-10-12-14-16-18-20-22-24-26-28-30-31-32-33-34-35-36-37-38-39-40-41-42-43-44-46-48-50-52-54-56-58-60-62-64-66-72(76)73-70(69-80-81(77,78)79-68-67-74(3,4)5)71(75)65-63-61-59-57-55-53-51-49-47-45-29-27-25-23-21-19-17-15-13-11-9-7-2/h32-33,35-36,55,57,63,65,70-71,75H,6-31,34,37-54,56,58-62,64,66-69H2,1-5H3,(H-,73,76,77,78)/b33-32-,36-35-,57-55+,65-63+. The number of aliphatic hydroxyl groups is 1. The topological polar surface area (TPSA) is 108 Å². The van der Waals surface area contributed by atoms with Crippen molar-refractivity contribution in [1.29, 1.82) is 0 Å². The summed E-state index contributed by atoms with van der Waals surface area (Å²) in [5.41, 5.74) is 0. The van der Waals surface area contributed by atoms with Gasteiger partial charge in [0.2, 0.25) is 5.91 Å². The number of phosphoric acid groups is 1. The number of hydrogen-bond donors (Lipinski definition) is 2. The molecule has 0 radical (unpaired) electrons. The molecule has 0 fully saturated rings. The van der Waals surface area contributed by atoms with E-state index in [1.807, 2.05) is 27.2 Å². The minimum absolute atomic E-state index is 0.00569. The first-order valence-electron chi connectivity index (χ1n) is 35.5. The Bertz CT molecular complexity index is 1460. The number of aliphatic hydroxyl groups excluding tert-OH is 1. The minimum atomic E-state index is -4.61. The Morgan fingerprint density at radius 3 is 1.07 bits per heavy atom. The van der Waals surface area contributed by atoms with Crippen LogP contribution in [0.2, 0.25) is 0 Å². The fourth-order valence-electron chi connectivity index (χ4n) is 10.7. The van der Waals surface area contributed by atoms with Gasteiger partial charge in [0, 0.05) is 6.42 Å². The Hall–Kier alpha value is -1.54. The van der Waals surface area contributed by atoms with Crippen LogP contribution in [0.1, 0.15) is 354 Å². The molecule has 0 bridgehead atoms. The van der Waals surface area contributed by atoms with Crippen LogP contribution in [0.25, 0.3) is 0 Å². The van der Waals surface area contributed by atoms with Gasteiger partial charge in [0.05, 0.1) is 39.9 Å². The van der Waals surface area contributed by atoms with E-state index >= 15 is 0 Å². The first-order valence-corrected chi connectivity index (χ1v) is 37.0. The number of likely N-dealkylation sites (N-methyl/N-ethyl adjacent to an activating group) is 1. The molecular formula is C72H139N2O6P. The molecule has 2 N–H and O–H groups in total. The summed E-state index contributed by atoms with van der Waals surface area (Å²) < 4.78 is 23.4. The first kappa shape index (κ1) is 79.5. The smallest absolute Gasteiger partial charge is 0.268 e. The Balaban J connectivity index is 4.02. The Labute approximate surface area is 505 Å². The molecule has 0 rings (SSSR count). The quantitative estimate of drug-likeness (QED) is 0.0272. The monoisotopic (exact) mass is 1160 g/mol. The third-order valence-corrected chi connectivity index (χ3v) is 17.2. The highest BCUT2D eigenvalue weighted by Gasteiger charge is 2.23. The van der Waals surface area contributed by atoms with Gasteiger partial charge in [-0.05, 0) is 64.2 Å². The molecule has 9 heteroatoms. The fraction of sp³-hybridized carbons (Fsp3) is 0.875. The largest absolute Gasteiger partial charge is 0.756 e. The lowest BCUT2D eigenvalue weighted by Gasteiger charge is -2.29. The van der Waals surface area contributed by atoms with Gasteiger partial charge in [-0.25, -0.2) is 0 Å². The van der Waals surface area contributed by atoms with E-state index in [9.17, 15) is 19.4 Å². The van der Waals surface area contributed by atoms with Gasteiger partial charge in [0.25, 0.3) is 7.82 Å². The van der Waals surface area contributed by atoms with E-state index in [-0.39, 0.29) is 12.5 Å². The number of nitrogens with one attached hydrogen (secondary N) is 1. The third-order valence-electron chi connectivity index (χ3n) is 16.3. The molecule has 0 aliphatic carbocycles. The van der Waals surface area contributed by atoms with Gasteiger partial charge in [-0.3, -0.25) is 9.36 Å². The van der Waals surface area contributed by atoms with Crippen LogP contribution < -0.4 is 10.2 Å². The maximum absolute atomic E-state index is 13.0. The first-order chi connectivity index (χ1) is 39.5. The van der Waals surface area contributed by atoms with Crippen molar-refractivity contribution in [3.8, 4) is 0 Å². The van der Waals surface area contributed by atoms with Crippen molar-refractivity contribution < 1.29 is 32.9 Å². The Morgan fingerprint density at radius 1 is 0.432 bits per heavy atom. The highest BCUT2D eigenvalue weighted by atomic mass is 31.2. The normalized spacial score (nSPS) is 13.9. The van der Waals surface area contributed by atoms with Crippen molar-refractivity contribution in [3.63, 3.8) is 0 Å². The van der Waals surface area contributed by atoms with Crippen molar-refractivity contribution in [3.05, 3.63) is 48.6 Å². The summed E-state index contributed by atoms with van der Waals surface area (Å²) in [5.74, 6) is -0.202. The predicted octanol–water partition coefficient (Wildman–Crippen LogP) is 22.0. The lowest BCUT2D eigenvalue weighted by Crippen LogP contribution is -2.45. The van der Waals surface area contributed by atoms with Gasteiger partial charge in [-0.2, -0.15) is 0 Å². The highest BCUT2D eigenvalue weighted by molar-refractivity contribution is 7.45. The van der Waals surface area contributed by atoms with Crippen LogP contribution in [0.4, 0.5) is 0 Å². The highest BCUT2D eigenvalue weighted by Crippen LogP contribution is 2.38. The Kier molecular flexibility index (Phi) is 61.8. The van der Waals surface area contributed by atoms with Crippen molar-refractivity contribution in [2.45, 2.75) is 366 Å². The number of amides is 1. The molecule has 0 heterocycles. The van der Waals surface area contributed by atoms with E-state index in [4.69, 9.17) is 9.05 Å². The van der Waals surface area contributed by atoms with E-state index in [1.165, 1.54) is 289 Å². The zero-order valence-corrected chi connectivity index (χ0v) is 55.6. The van der Waals surface area contributed by atoms with Crippen molar-refractivity contribution >= 4 is 13.7 Å². The molecule has 3 unspecified atom stereocenters. The van der Waals surface area contributed by atoms with Gasteiger partial charge in [0.1, 0.15) is 13.2 Å². The SMILES string of the molecule is CCCCCCCCCCCCCCC/C=C\C/C=C\CCCCCCCCCCCCCCCCCCCC(=O)NC(COP(=O)([O-])OCC[N+](C)(C)C)C(O)/C=C/CC/C=C/CCCCCCCCCCCCCCCCCC. The molecule has 8 nitrogen and oxygen atoms in total. The second-order valence-electron chi connectivity index (χ2n) is 25.6. The van der Waals surface area contributed by atoms with E-state index in [0.29, 0.717) is 17.4 Å². The summed E-state index contributed by atoms with van der Waals surface area (Å²) in [4.78, 5) is 25.6. The van der Waals surface area contributed by atoms with Crippen LogP contribution in [-0.2, 0) is 18.4 Å². The van der Waals surface area contributed by atoms with Crippen LogP contribution in [0.3, 0.4) is 0 Å². The maximum atomic E-state index is 13.0. The van der Waals surface area contributed by atoms with Gasteiger partial charge in [-0.15, -0.1) is 0 Å². The zero-order chi connectivity index (χ0) is 59.1. The number of nitrogens with zero attached hydrogens (tertiary/aromatic N) is 1. The fourth-order valence-corrected chi connectivity index (χ4v) is 11.5. The minimum Gasteiger partial charge on any atom is -0.756 e. The number of carbonyl (C=O) groups excluding carboxylic acids is 1. The average molecular weight is 1160 g/mol. The molecule has 0 aromatic carbocycles. The number of rotatable bonds is 66. The molecule has 0 aromatic rings. The molecule has 0 aliphatic heterocycles. The number of hydrogen-bond acceptors (Lipinski definition) is 6. The second-order valence-corrected chi connectivity index (χ2v) is 27.0. The van der Waals surface area contributed by atoms with Crippen LogP contribution in [0.15, 0.2) is 48.6 Å². The van der Waals surface area contributed by atoms with Gasteiger partial charge in [0.15, 0.2) is 0 Å². The van der Waals surface area contributed by atoms with Crippen LogP contribution >= 0.6 is 7.82 Å². The summed E-state index contributed by atoms with van der Waals surface area (Å²) in [6.07, 6.45) is 85.3. The summed E-state index contributed by atoms with van der Waals surface area (Å²) >= 11 is 0. The van der Waals surface area contributed by atoms with E-state index < -0.39 is 26.6 Å². The molecule has 81 heavy (non-hydrogen) atoms. The van der Waals surface area contributed by atoms with Gasteiger partial charge < -0.3 is 28.8 Å². The second kappa shape index (κ2) is 63.0. The van der Waals surface area contributed by atoms with Crippen LogP contribution in [0.5, 0.6) is 0 Å². The van der Waals surface area contributed by atoms with E-state index in [1.54, 1.807) is 6.08 Å². The molecule has 3 atom stereocenters. The summed E-state index contributed by atoms with van der Waals surface area (Å²) in [7, 11) is 1.26. The number of phosphoric ester groups is 1. The molecule has 0 saturated heterocycles. The maximum Gasteiger partial charge on any atom is 0.268 e. The van der Waals surface area contributed by atoms with Gasteiger partial charge >= 0.3 is 0 Å². The molecule has 0 spiro atoms. The van der Waals surface area contributed by atoms with Crippen LogP contribution in [0, 0.1) is 0 Å². The molecular weight excluding hydrogens is 1020 g/mol. The zero-order valence-electron chi connectivity index (χ0n) is 54.8.